The SMILES string of the molecule is C[C@@H](OCC12CCC(CC1)OC2)[C@H](NC(=O)[C@@H]1CN(C(=O)c2cncs2)CC12CNC2)C(=O)N1CCC(c2nccs2)CC1. The molecule has 2 aromatic rings. The minimum atomic E-state index is -0.813. The van der Waals surface area contributed by atoms with Gasteiger partial charge in [0.1, 0.15) is 10.9 Å². The molecule has 2 aromatic heterocycles. The Bertz CT molecular complexity index is 1310. The predicted molar refractivity (Wildman–Crippen MR) is 165 cm³/mol. The molecule has 5 aliphatic heterocycles. The minimum Gasteiger partial charge on any atom is -0.378 e. The molecule has 0 unspecified atom stereocenters. The Kier molecular flexibility index (Phi) is 8.51. The van der Waals surface area contributed by atoms with Crippen molar-refractivity contribution in [1.29, 1.82) is 0 Å². The number of ether oxygens (including phenoxy) is 2. The van der Waals surface area contributed by atoms with Gasteiger partial charge < -0.3 is 29.9 Å². The molecular weight excluding hydrogens is 601 g/mol. The molecule has 1 aliphatic carbocycles. The third kappa shape index (κ3) is 5.81. The number of carbonyl (C=O) groups excluding carboxylic acids is 3. The van der Waals surface area contributed by atoms with Gasteiger partial charge >= 0.3 is 0 Å². The van der Waals surface area contributed by atoms with Gasteiger partial charge in [0.05, 0.1) is 48.1 Å². The molecule has 1 spiro atoms. The number of nitrogens with zero attached hydrogens (tertiary/aromatic N) is 4. The van der Waals surface area contributed by atoms with Crippen LogP contribution in [-0.2, 0) is 19.1 Å². The molecule has 5 saturated heterocycles. The lowest BCUT2D eigenvalue weighted by molar-refractivity contribution is -0.158. The first-order valence-electron chi connectivity index (χ1n) is 16.0. The van der Waals surface area contributed by atoms with Crippen molar-refractivity contribution >= 4 is 40.4 Å². The van der Waals surface area contributed by atoms with Crippen LogP contribution in [0.4, 0.5) is 0 Å². The van der Waals surface area contributed by atoms with Gasteiger partial charge in [-0.25, -0.2) is 4.98 Å². The van der Waals surface area contributed by atoms with Crippen molar-refractivity contribution in [3.63, 3.8) is 0 Å². The number of amides is 3. The number of likely N-dealkylation sites (tertiary alicyclic amines) is 2. The van der Waals surface area contributed by atoms with Crippen molar-refractivity contribution in [2.24, 2.45) is 16.7 Å². The van der Waals surface area contributed by atoms with E-state index in [2.05, 4.69) is 20.6 Å². The van der Waals surface area contributed by atoms with Gasteiger partial charge in [-0.3, -0.25) is 19.4 Å². The topological polar surface area (TPSA) is 126 Å². The van der Waals surface area contributed by atoms with Crippen molar-refractivity contribution in [2.75, 3.05) is 52.5 Å². The molecule has 44 heavy (non-hydrogen) atoms. The van der Waals surface area contributed by atoms with Crippen LogP contribution in [0, 0.1) is 16.7 Å². The van der Waals surface area contributed by atoms with Gasteiger partial charge in [-0.15, -0.1) is 22.7 Å². The zero-order valence-electron chi connectivity index (χ0n) is 25.2. The molecule has 2 N–H and O–H groups in total. The van der Waals surface area contributed by atoms with Crippen LogP contribution in [0.5, 0.6) is 0 Å². The number of aromatic nitrogens is 2. The van der Waals surface area contributed by atoms with Crippen LogP contribution in [0.2, 0.25) is 0 Å². The minimum absolute atomic E-state index is 0.0166. The third-order valence-corrected chi connectivity index (χ3v) is 12.5. The van der Waals surface area contributed by atoms with E-state index >= 15 is 0 Å². The Morgan fingerprint density at radius 1 is 1.16 bits per heavy atom. The number of carbonyl (C=O) groups is 3. The molecule has 6 fully saturated rings. The first-order chi connectivity index (χ1) is 21.3. The first-order valence-corrected chi connectivity index (χ1v) is 17.7. The Balaban J connectivity index is 1.06. The first kappa shape index (κ1) is 30.2. The Labute approximate surface area is 266 Å². The Hall–Kier alpha value is -2.45. The highest BCUT2D eigenvalue weighted by Gasteiger charge is 2.55. The number of rotatable bonds is 9. The lowest BCUT2D eigenvalue weighted by Crippen LogP contribution is -2.63. The maximum absolute atomic E-state index is 14.2. The standard InChI is InChI=1S/C31H42N6O5S2/c1-20(41-17-30-6-2-22(3-7-30)42-18-30)25(29(40)36-9-4-21(5-10-36)27-34-8-11-43-27)35-26(38)23-13-37(16-31(23)14-33-15-31)28(39)24-12-32-19-44-24/h8,11-12,19-23,25,33H,2-7,9-10,13-18H2,1H3,(H,35,38)/t20-,22?,23+,25+,30?/m1/s1. The molecule has 0 aromatic carbocycles. The summed E-state index contributed by atoms with van der Waals surface area (Å²) in [4.78, 5) is 54.3. The maximum Gasteiger partial charge on any atom is 0.265 e. The largest absolute Gasteiger partial charge is 0.378 e. The summed E-state index contributed by atoms with van der Waals surface area (Å²) in [5.41, 5.74) is 1.29. The van der Waals surface area contributed by atoms with Crippen molar-refractivity contribution < 1.29 is 23.9 Å². The summed E-state index contributed by atoms with van der Waals surface area (Å²) in [5.74, 6) is -0.435. The van der Waals surface area contributed by atoms with Crippen LogP contribution in [0.1, 0.15) is 66.0 Å². The predicted octanol–water partition coefficient (Wildman–Crippen LogP) is 2.52. The second-order valence-electron chi connectivity index (χ2n) is 13.6. The van der Waals surface area contributed by atoms with Gasteiger partial charge in [-0.05, 0) is 45.4 Å². The van der Waals surface area contributed by atoms with E-state index < -0.39 is 18.1 Å². The van der Waals surface area contributed by atoms with Crippen molar-refractivity contribution in [2.45, 2.75) is 69.6 Å². The highest BCUT2D eigenvalue weighted by molar-refractivity contribution is 7.11. The average Bonchev–Trinajstić information content (AvgIpc) is 3.84. The average molecular weight is 643 g/mol. The molecular formula is C31H42N6O5S2. The van der Waals surface area contributed by atoms with Gasteiger partial charge in [0.15, 0.2) is 0 Å². The summed E-state index contributed by atoms with van der Waals surface area (Å²) < 4.78 is 12.5. The van der Waals surface area contributed by atoms with Crippen molar-refractivity contribution in [3.05, 3.63) is 33.2 Å². The number of hydrogen-bond acceptors (Lipinski definition) is 10. The number of hydrogen-bond donors (Lipinski definition) is 2. The fraction of sp³-hybridized carbons (Fsp3) is 0.710. The maximum atomic E-state index is 14.2. The fourth-order valence-corrected chi connectivity index (χ4v) is 9.18. The normalized spacial score (nSPS) is 29.4. The second kappa shape index (κ2) is 12.4. The van der Waals surface area contributed by atoms with Gasteiger partial charge in [0.2, 0.25) is 11.8 Å². The van der Waals surface area contributed by atoms with E-state index in [4.69, 9.17) is 9.47 Å². The number of fused-ring (bicyclic) bond motifs is 3. The van der Waals surface area contributed by atoms with Gasteiger partial charge in [-0.2, -0.15) is 0 Å². The number of nitrogens with one attached hydrogen (secondary N) is 2. The lowest BCUT2D eigenvalue weighted by atomic mass is 9.72. The monoisotopic (exact) mass is 642 g/mol. The molecule has 8 rings (SSSR count). The van der Waals surface area contributed by atoms with Crippen LogP contribution < -0.4 is 10.6 Å². The molecule has 3 amide bonds. The smallest absolute Gasteiger partial charge is 0.265 e. The summed E-state index contributed by atoms with van der Waals surface area (Å²) in [6.45, 7) is 6.51. The van der Waals surface area contributed by atoms with E-state index in [-0.39, 0.29) is 28.6 Å². The summed E-state index contributed by atoms with van der Waals surface area (Å²) in [7, 11) is 0. The summed E-state index contributed by atoms with van der Waals surface area (Å²) in [6.07, 6.45) is 9.24. The van der Waals surface area contributed by atoms with Crippen LogP contribution >= 0.6 is 22.7 Å². The molecule has 0 radical (unpaired) electrons. The highest BCUT2D eigenvalue weighted by atomic mass is 32.1. The summed E-state index contributed by atoms with van der Waals surface area (Å²) in [6, 6.07) is -0.813. The molecule has 7 heterocycles. The molecule has 3 atom stereocenters. The molecule has 238 valence electrons. The van der Waals surface area contributed by atoms with E-state index in [1.807, 2.05) is 23.4 Å². The van der Waals surface area contributed by atoms with Crippen LogP contribution in [0.3, 0.4) is 0 Å². The third-order valence-electron chi connectivity index (χ3n) is 10.8. The van der Waals surface area contributed by atoms with Crippen LogP contribution in [-0.4, -0.2) is 108 Å². The molecule has 6 aliphatic rings. The lowest BCUT2D eigenvalue weighted by Gasteiger charge is -2.46. The number of piperidine rings is 1. The number of thiazole rings is 2. The Morgan fingerprint density at radius 2 is 1.95 bits per heavy atom. The van der Waals surface area contributed by atoms with Gasteiger partial charge in [-0.1, -0.05) is 0 Å². The quantitative estimate of drug-likeness (QED) is 0.428. The summed E-state index contributed by atoms with van der Waals surface area (Å²) >= 11 is 2.98. The highest BCUT2D eigenvalue weighted by Crippen LogP contribution is 2.44. The van der Waals surface area contributed by atoms with E-state index in [9.17, 15) is 14.4 Å². The molecule has 11 nitrogen and oxygen atoms in total. The fourth-order valence-electron chi connectivity index (χ4n) is 7.78. The second-order valence-corrected chi connectivity index (χ2v) is 15.4. The molecule has 13 heteroatoms. The van der Waals surface area contributed by atoms with Crippen LogP contribution in [0.25, 0.3) is 0 Å². The zero-order chi connectivity index (χ0) is 30.3. The molecule has 1 saturated carbocycles. The van der Waals surface area contributed by atoms with Crippen LogP contribution in [0.15, 0.2) is 23.3 Å². The van der Waals surface area contributed by atoms with E-state index in [0.717, 1.165) is 43.5 Å². The summed E-state index contributed by atoms with van der Waals surface area (Å²) in [5, 5.41) is 9.61. The van der Waals surface area contributed by atoms with E-state index in [1.54, 1.807) is 27.9 Å². The van der Waals surface area contributed by atoms with Crippen molar-refractivity contribution in [3.8, 4) is 0 Å². The zero-order valence-corrected chi connectivity index (χ0v) is 26.9. The van der Waals surface area contributed by atoms with Gasteiger partial charge in [0.25, 0.3) is 5.91 Å². The van der Waals surface area contributed by atoms with Gasteiger partial charge in [0, 0.05) is 67.6 Å². The van der Waals surface area contributed by atoms with Crippen molar-refractivity contribution in [1.82, 2.24) is 30.4 Å². The van der Waals surface area contributed by atoms with E-state index in [1.165, 1.54) is 11.3 Å². The van der Waals surface area contributed by atoms with E-state index in [0.29, 0.717) is 69.4 Å². The molecule has 2 bridgehead atoms. The Morgan fingerprint density at radius 3 is 2.57 bits per heavy atom.